The van der Waals surface area contributed by atoms with Crippen LogP contribution in [-0.2, 0) is 4.79 Å². The zero-order valence-corrected chi connectivity index (χ0v) is 16.3. The van der Waals surface area contributed by atoms with Crippen molar-refractivity contribution in [3.63, 3.8) is 0 Å². The molecule has 1 unspecified atom stereocenters. The highest BCUT2D eigenvalue weighted by molar-refractivity contribution is 5.79. The van der Waals surface area contributed by atoms with Crippen LogP contribution in [0, 0.1) is 17.8 Å². The lowest BCUT2D eigenvalue weighted by atomic mass is 9.73. The molecule has 0 bridgehead atoms. The first-order valence-electron chi connectivity index (χ1n) is 9.02. The highest BCUT2D eigenvalue weighted by Crippen LogP contribution is 2.37. The normalized spacial score (nSPS) is 14.0. The van der Waals surface area contributed by atoms with E-state index in [4.69, 9.17) is 4.74 Å². The molecule has 2 heteroatoms. The number of esters is 1. The molecule has 0 amide bonds. The van der Waals surface area contributed by atoms with Crippen LogP contribution in [-0.4, -0.2) is 5.97 Å². The van der Waals surface area contributed by atoms with Crippen LogP contribution in [0.25, 0.3) is 11.1 Å². The number of hydrogen-bond donors (Lipinski definition) is 0. The predicted molar refractivity (Wildman–Crippen MR) is 105 cm³/mol. The van der Waals surface area contributed by atoms with Crippen LogP contribution in [0.2, 0.25) is 0 Å². The molecule has 2 aromatic carbocycles. The number of aryl methyl sites for hydroxylation is 1. The molecule has 0 N–H and O–H groups in total. The summed E-state index contributed by atoms with van der Waals surface area (Å²) < 4.78 is 5.69. The van der Waals surface area contributed by atoms with Crippen molar-refractivity contribution in [2.45, 2.75) is 54.4 Å². The summed E-state index contributed by atoms with van der Waals surface area (Å²) in [5, 5.41) is 0. The van der Waals surface area contributed by atoms with Crippen molar-refractivity contribution < 1.29 is 9.53 Å². The Kier molecular flexibility index (Phi) is 5.72. The number of benzene rings is 2. The van der Waals surface area contributed by atoms with Gasteiger partial charge in [-0.05, 0) is 55.4 Å². The van der Waals surface area contributed by atoms with E-state index in [0.717, 1.165) is 24.0 Å². The van der Waals surface area contributed by atoms with Crippen LogP contribution in [0.15, 0.2) is 48.5 Å². The van der Waals surface area contributed by atoms with E-state index < -0.39 is 5.41 Å². The molecule has 2 aromatic rings. The molecule has 2 rings (SSSR count). The van der Waals surface area contributed by atoms with Gasteiger partial charge in [-0.1, -0.05) is 69.7 Å². The number of rotatable bonds is 5. The van der Waals surface area contributed by atoms with E-state index in [-0.39, 0.29) is 11.4 Å². The Labute approximate surface area is 152 Å². The Morgan fingerprint density at radius 2 is 1.36 bits per heavy atom. The highest BCUT2D eigenvalue weighted by atomic mass is 16.5. The lowest BCUT2D eigenvalue weighted by molar-refractivity contribution is -0.147. The first-order valence-corrected chi connectivity index (χ1v) is 9.02. The molecule has 2 nitrogen and oxygen atoms in total. The van der Waals surface area contributed by atoms with E-state index >= 15 is 0 Å². The van der Waals surface area contributed by atoms with Gasteiger partial charge in [-0.2, -0.15) is 0 Å². The second-order valence-electron chi connectivity index (χ2n) is 8.43. The molecule has 0 spiro atoms. The van der Waals surface area contributed by atoms with Crippen LogP contribution in [0.1, 0.15) is 53.0 Å². The average Bonchev–Trinajstić information content (AvgIpc) is 2.54. The summed E-state index contributed by atoms with van der Waals surface area (Å²) in [7, 11) is 0. The fourth-order valence-electron chi connectivity index (χ4n) is 3.20. The minimum atomic E-state index is -0.464. The highest BCUT2D eigenvalue weighted by Gasteiger charge is 2.37. The summed E-state index contributed by atoms with van der Waals surface area (Å²) in [5.74, 6) is 0.461. The molecule has 25 heavy (non-hydrogen) atoms. The summed E-state index contributed by atoms with van der Waals surface area (Å²) in [6.07, 6.45) is 1.57. The topological polar surface area (TPSA) is 26.3 Å². The van der Waals surface area contributed by atoms with E-state index in [0.29, 0.717) is 5.75 Å². The molecule has 0 aliphatic rings. The third-order valence-corrected chi connectivity index (χ3v) is 4.64. The number of hydrogen-bond acceptors (Lipinski definition) is 2. The zero-order chi connectivity index (χ0) is 18.7. The van der Waals surface area contributed by atoms with E-state index in [1.165, 1.54) is 5.56 Å². The van der Waals surface area contributed by atoms with Gasteiger partial charge in [-0.25, -0.2) is 0 Å². The number of carbonyl (C=O) groups is 1. The van der Waals surface area contributed by atoms with Crippen molar-refractivity contribution in [3.8, 4) is 16.9 Å². The lowest BCUT2D eigenvalue weighted by Gasteiger charge is -2.32. The lowest BCUT2D eigenvalue weighted by Crippen LogP contribution is -2.35. The third-order valence-electron chi connectivity index (χ3n) is 4.64. The number of ether oxygens (including phenoxy) is 1. The smallest absolute Gasteiger partial charge is 0.317 e. The monoisotopic (exact) mass is 338 g/mol. The zero-order valence-electron chi connectivity index (χ0n) is 16.3. The molecule has 0 heterocycles. The first kappa shape index (κ1) is 19.2. The largest absolute Gasteiger partial charge is 0.426 e. The molecule has 0 aliphatic carbocycles. The van der Waals surface area contributed by atoms with Crippen LogP contribution in [0.5, 0.6) is 5.75 Å². The molecule has 0 radical (unpaired) electrons. The van der Waals surface area contributed by atoms with Gasteiger partial charge in [-0.3, -0.25) is 4.79 Å². The summed E-state index contributed by atoms with van der Waals surface area (Å²) in [5.41, 5.74) is 3.14. The maximum Gasteiger partial charge on any atom is 0.317 e. The average molecular weight is 338 g/mol. The van der Waals surface area contributed by atoms with E-state index in [2.05, 4.69) is 52.0 Å². The Bertz CT molecular complexity index is 705. The third kappa shape index (κ3) is 5.19. The fraction of sp³-hybridized carbons (Fsp3) is 0.435. The summed E-state index contributed by atoms with van der Waals surface area (Å²) >= 11 is 0. The van der Waals surface area contributed by atoms with Crippen molar-refractivity contribution >= 4 is 5.97 Å². The van der Waals surface area contributed by atoms with Gasteiger partial charge in [0, 0.05) is 0 Å². The van der Waals surface area contributed by atoms with Gasteiger partial charge in [0.05, 0.1) is 5.41 Å². The van der Waals surface area contributed by atoms with E-state index in [1.54, 1.807) is 0 Å². The number of carbonyl (C=O) groups excluding carboxylic acids is 1. The van der Waals surface area contributed by atoms with Crippen LogP contribution >= 0.6 is 0 Å². The molecular weight excluding hydrogens is 308 g/mol. The van der Waals surface area contributed by atoms with Gasteiger partial charge < -0.3 is 4.74 Å². The molecule has 134 valence electrons. The Morgan fingerprint density at radius 3 is 1.80 bits per heavy atom. The summed E-state index contributed by atoms with van der Waals surface area (Å²) in [6.45, 7) is 12.6. The second kappa shape index (κ2) is 7.43. The van der Waals surface area contributed by atoms with E-state index in [9.17, 15) is 4.79 Å². The molecule has 0 fully saturated rings. The van der Waals surface area contributed by atoms with Gasteiger partial charge >= 0.3 is 5.97 Å². The van der Waals surface area contributed by atoms with Crippen molar-refractivity contribution in [3.05, 3.63) is 54.1 Å². The Balaban J connectivity index is 2.12. The van der Waals surface area contributed by atoms with Gasteiger partial charge in [0.2, 0.25) is 0 Å². The standard InChI is InChI=1S/C23H30O2/c1-7-23(6,16-22(3,4)5)21(24)25-20-14-12-19(13-15-20)18-10-8-17(2)9-11-18/h8-15H,7,16H2,1-6H3. The Hall–Kier alpha value is -2.09. The maximum atomic E-state index is 12.7. The maximum absolute atomic E-state index is 12.7. The van der Waals surface area contributed by atoms with Gasteiger partial charge in [-0.15, -0.1) is 0 Å². The van der Waals surface area contributed by atoms with Gasteiger partial charge in [0.25, 0.3) is 0 Å². The minimum absolute atomic E-state index is 0.0824. The van der Waals surface area contributed by atoms with Crippen molar-refractivity contribution in [2.75, 3.05) is 0 Å². The quantitative estimate of drug-likeness (QED) is 0.464. The molecule has 1 atom stereocenters. The Morgan fingerprint density at radius 1 is 0.880 bits per heavy atom. The first-order chi connectivity index (χ1) is 11.6. The molecular formula is C23H30O2. The fourth-order valence-corrected chi connectivity index (χ4v) is 3.20. The van der Waals surface area contributed by atoms with Crippen molar-refractivity contribution in [1.82, 2.24) is 0 Å². The van der Waals surface area contributed by atoms with Crippen LogP contribution in [0.4, 0.5) is 0 Å². The SMILES string of the molecule is CCC(C)(CC(C)(C)C)C(=O)Oc1ccc(-c2ccc(C)cc2)cc1. The summed E-state index contributed by atoms with van der Waals surface area (Å²) in [6, 6.07) is 16.2. The molecule has 0 aliphatic heterocycles. The van der Waals surface area contributed by atoms with Gasteiger partial charge in [0.1, 0.15) is 5.75 Å². The molecule has 0 saturated carbocycles. The van der Waals surface area contributed by atoms with E-state index in [1.807, 2.05) is 38.1 Å². The summed E-state index contributed by atoms with van der Waals surface area (Å²) in [4.78, 5) is 12.7. The van der Waals surface area contributed by atoms with Crippen LogP contribution < -0.4 is 4.74 Å². The minimum Gasteiger partial charge on any atom is -0.426 e. The van der Waals surface area contributed by atoms with Crippen molar-refractivity contribution in [1.29, 1.82) is 0 Å². The van der Waals surface area contributed by atoms with Gasteiger partial charge in [0.15, 0.2) is 0 Å². The molecule has 0 aromatic heterocycles. The predicted octanol–water partition coefficient (Wildman–Crippen LogP) is 6.42. The van der Waals surface area contributed by atoms with Crippen LogP contribution in [0.3, 0.4) is 0 Å². The van der Waals surface area contributed by atoms with Crippen molar-refractivity contribution in [2.24, 2.45) is 10.8 Å². The second-order valence-corrected chi connectivity index (χ2v) is 8.43. The molecule has 0 saturated heterocycles.